The Bertz CT molecular complexity index is 443. The second kappa shape index (κ2) is 6.36. The molecule has 0 saturated carbocycles. The maximum Gasteiger partial charge on any atom is 0.313 e. The Morgan fingerprint density at radius 1 is 1.35 bits per heavy atom. The van der Waals surface area contributed by atoms with Crippen LogP contribution in [-0.4, -0.2) is 26.9 Å². The molecule has 0 atom stereocenters. The monoisotopic (exact) mass is 269 g/mol. The molecule has 1 rings (SSSR count). The largest absolute Gasteiger partial charge is 0.481 e. The molecule has 6 heteroatoms. The second-order valence-electron chi connectivity index (χ2n) is 3.23. The molecular weight excluding hydrogens is 258 g/mol. The normalized spacial score (nSPS) is 9.71. The summed E-state index contributed by atoms with van der Waals surface area (Å²) >= 11 is 6.18. The second-order valence-corrected chi connectivity index (χ2v) is 4.88. The van der Waals surface area contributed by atoms with Crippen LogP contribution in [0.5, 0.6) is 0 Å². The molecule has 1 aromatic rings. The minimum atomic E-state index is -0.896. The molecule has 1 aromatic carbocycles. The van der Waals surface area contributed by atoms with E-state index < -0.39 is 5.97 Å². The molecule has 0 fully saturated rings. The van der Waals surface area contributed by atoms with Gasteiger partial charge in [-0.1, -0.05) is 24.4 Å². The summed E-state index contributed by atoms with van der Waals surface area (Å²) in [4.78, 5) is 21.2. The zero-order valence-electron chi connectivity index (χ0n) is 9.10. The predicted molar refractivity (Wildman–Crippen MR) is 72.5 cm³/mol. The van der Waals surface area contributed by atoms with Crippen molar-refractivity contribution in [3.8, 4) is 0 Å². The smallest absolute Gasteiger partial charge is 0.313 e. The van der Waals surface area contributed by atoms with Gasteiger partial charge >= 0.3 is 5.97 Å². The van der Waals surface area contributed by atoms with E-state index >= 15 is 0 Å². The van der Waals surface area contributed by atoms with Crippen LogP contribution in [0.3, 0.4) is 0 Å². The Morgan fingerprint density at radius 3 is 2.41 bits per heavy atom. The number of amides is 1. The number of benzene rings is 1. The first kappa shape index (κ1) is 13.7. The van der Waals surface area contributed by atoms with Crippen molar-refractivity contribution in [3.63, 3.8) is 0 Å². The number of thiocarbonyl (C=S) groups is 1. The van der Waals surface area contributed by atoms with E-state index in [1.54, 1.807) is 24.3 Å². The Labute approximate surface area is 108 Å². The topological polar surface area (TPSA) is 66.4 Å². The molecular formula is C11H11NO3S2. The van der Waals surface area contributed by atoms with Crippen molar-refractivity contribution in [2.24, 2.45) is 0 Å². The Balaban J connectivity index is 2.63. The van der Waals surface area contributed by atoms with E-state index in [-0.39, 0.29) is 11.7 Å². The quantitative estimate of drug-likeness (QED) is 0.820. The lowest BCUT2D eigenvalue weighted by Crippen LogP contribution is -2.06. The molecule has 0 bridgehead atoms. The van der Waals surface area contributed by atoms with Crippen LogP contribution in [-0.2, 0) is 9.59 Å². The molecule has 2 N–H and O–H groups in total. The number of anilines is 1. The number of thioether (sulfide) groups is 1. The summed E-state index contributed by atoms with van der Waals surface area (Å²) in [6.45, 7) is 1.43. The van der Waals surface area contributed by atoms with Gasteiger partial charge in [0.2, 0.25) is 5.91 Å². The maximum atomic E-state index is 10.8. The zero-order valence-corrected chi connectivity index (χ0v) is 10.7. The standard InChI is InChI=1S/C11H11NO3S2/c1-7(13)12-9-4-2-8(3-5-9)11(16)17-6-10(14)15/h2-5H,6H2,1H3,(H,12,13)(H,14,15). The highest BCUT2D eigenvalue weighted by atomic mass is 32.2. The molecule has 0 saturated heterocycles. The highest BCUT2D eigenvalue weighted by molar-refractivity contribution is 8.24. The third kappa shape index (κ3) is 4.97. The lowest BCUT2D eigenvalue weighted by molar-refractivity contribution is -0.133. The highest BCUT2D eigenvalue weighted by Gasteiger charge is 2.05. The molecule has 17 heavy (non-hydrogen) atoms. The van der Waals surface area contributed by atoms with E-state index in [1.165, 1.54) is 6.92 Å². The molecule has 0 aliphatic rings. The van der Waals surface area contributed by atoms with Crippen LogP contribution in [0.25, 0.3) is 0 Å². The first-order valence-electron chi connectivity index (χ1n) is 4.75. The zero-order chi connectivity index (χ0) is 12.8. The first-order valence-corrected chi connectivity index (χ1v) is 6.15. The van der Waals surface area contributed by atoms with Gasteiger partial charge in [0, 0.05) is 12.6 Å². The van der Waals surface area contributed by atoms with Crippen molar-refractivity contribution < 1.29 is 14.7 Å². The van der Waals surface area contributed by atoms with E-state index in [0.29, 0.717) is 9.88 Å². The maximum absolute atomic E-state index is 10.8. The molecule has 0 aliphatic carbocycles. The molecule has 0 aromatic heterocycles. The molecule has 0 spiro atoms. The lowest BCUT2D eigenvalue weighted by atomic mass is 10.2. The number of carboxylic acid groups (broad SMARTS) is 1. The van der Waals surface area contributed by atoms with Crippen molar-refractivity contribution in [1.82, 2.24) is 0 Å². The number of nitrogens with one attached hydrogen (secondary N) is 1. The summed E-state index contributed by atoms with van der Waals surface area (Å²) in [7, 11) is 0. The van der Waals surface area contributed by atoms with Crippen molar-refractivity contribution in [2.45, 2.75) is 6.92 Å². The van der Waals surface area contributed by atoms with E-state index in [4.69, 9.17) is 17.3 Å². The van der Waals surface area contributed by atoms with Gasteiger partial charge in [0.05, 0.1) is 9.95 Å². The fourth-order valence-corrected chi connectivity index (χ4v) is 1.97. The van der Waals surface area contributed by atoms with Gasteiger partial charge in [0.1, 0.15) is 0 Å². The van der Waals surface area contributed by atoms with Gasteiger partial charge in [-0.3, -0.25) is 9.59 Å². The van der Waals surface area contributed by atoms with Crippen LogP contribution in [0.2, 0.25) is 0 Å². The summed E-state index contributed by atoms with van der Waals surface area (Å²) in [6.07, 6.45) is 0. The molecule has 0 radical (unpaired) electrons. The number of carbonyl (C=O) groups is 2. The third-order valence-electron chi connectivity index (χ3n) is 1.77. The van der Waals surface area contributed by atoms with Crippen LogP contribution in [0, 0.1) is 0 Å². The summed E-state index contributed by atoms with van der Waals surface area (Å²) in [5.41, 5.74) is 1.47. The van der Waals surface area contributed by atoms with E-state index in [0.717, 1.165) is 17.3 Å². The minimum absolute atomic E-state index is 0.0493. The number of hydrogen-bond acceptors (Lipinski definition) is 4. The van der Waals surface area contributed by atoms with Crippen molar-refractivity contribution >= 4 is 45.7 Å². The van der Waals surface area contributed by atoms with Gasteiger partial charge in [-0.2, -0.15) is 0 Å². The van der Waals surface area contributed by atoms with Gasteiger partial charge in [0.25, 0.3) is 0 Å². The summed E-state index contributed by atoms with van der Waals surface area (Å²) < 4.78 is 0.529. The fourth-order valence-electron chi connectivity index (χ4n) is 1.10. The number of hydrogen-bond donors (Lipinski definition) is 2. The summed E-state index contributed by atoms with van der Waals surface area (Å²) in [5, 5.41) is 11.2. The molecule has 0 heterocycles. The van der Waals surface area contributed by atoms with Crippen molar-refractivity contribution in [1.29, 1.82) is 0 Å². The van der Waals surface area contributed by atoms with Crippen LogP contribution in [0.4, 0.5) is 5.69 Å². The van der Waals surface area contributed by atoms with Gasteiger partial charge in [0.15, 0.2) is 0 Å². The Kier molecular flexibility index (Phi) is 5.11. The number of rotatable bonds is 4. The summed E-state index contributed by atoms with van der Waals surface area (Å²) in [5.74, 6) is -1.08. The van der Waals surface area contributed by atoms with Gasteiger partial charge < -0.3 is 10.4 Å². The number of carboxylic acids is 1. The first-order chi connectivity index (χ1) is 7.99. The van der Waals surface area contributed by atoms with Gasteiger partial charge in [-0.15, -0.1) is 11.8 Å². The highest BCUT2D eigenvalue weighted by Crippen LogP contribution is 2.16. The third-order valence-corrected chi connectivity index (χ3v) is 3.25. The SMILES string of the molecule is CC(=O)Nc1ccc(C(=S)SCC(=O)O)cc1. The fraction of sp³-hybridized carbons (Fsp3) is 0.182. The average molecular weight is 269 g/mol. The van der Waals surface area contributed by atoms with Crippen LogP contribution < -0.4 is 5.32 Å². The molecule has 0 unspecified atom stereocenters. The van der Waals surface area contributed by atoms with Crippen molar-refractivity contribution in [3.05, 3.63) is 29.8 Å². The van der Waals surface area contributed by atoms with Crippen molar-refractivity contribution in [2.75, 3.05) is 11.1 Å². The average Bonchev–Trinajstić information content (AvgIpc) is 2.26. The Morgan fingerprint density at radius 2 is 1.94 bits per heavy atom. The molecule has 4 nitrogen and oxygen atoms in total. The Hall–Kier alpha value is -1.40. The van der Waals surface area contributed by atoms with E-state index in [2.05, 4.69) is 5.32 Å². The van der Waals surface area contributed by atoms with Crippen LogP contribution in [0.15, 0.2) is 24.3 Å². The predicted octanol–water partition coefficient (Wildman–Crippen LogP) is 2.14. The molecule has 90 valence electrons. The summed E-state index contributed by atoms with van der Waals surface area (Å²) in [6, 6.07) is 6.96. The van der Waals surface area contributed by atoms with Gasteiger partial charge in [-0.05, 0) is 17.7 Å². The minimum Gasteiger partial charge on any atom is -0.481 e. The van der Waals surface area contributed by atoms with E-state index in [9.17, 15) is 9.59 Å². The van der Waals surface area contributed by atoms with Crippen LogP contribution in [0.1, 0.15) is 12.5 Å². The molecule has 1 amide bonds. The number of aliphatic carboxylic acids is 1. The lowest BCUT2D eigenvalue weighted by Gasteiger charge is -2.04. The number of carbonyl (C=O) groups excluding carboxylic acids is 1. The molecule has 0 aliphatic heterocycles. The van der Waals surface area contributed by atoms with E-state index in [1.807, 2.05) is 0 Å². The van der Waals surface area contributed by atoms with Gasteiger partial charge in [-0.25, -0.2) is 0 Å². The van der Waals surface area contributed by atoms with Crippen LogP contribution >= 0.6 is 24.0 Å².